The van der Waals surface area contributed by atoms with Gasteiger partial charge in [0, 0.05) is 11.8 Å². The highest BCUT2D eigenvalue weighted by atomic mass is 35.5. The fraction of sp³-hybridized carbons (Fsp3) is 0.0909. The molecule has 1 aliphatic heterocycles. The Labute approximate surface area is 110 Å². The van der Waals surface area contributed by atoms with E-state index in [1.54, 1.807) is 17.5 Å². The second-order valence-corrected chi connectivity index (χ2v) is 5.22. The van der Waals surface area contributed by atoms with E-state index in [1.165, 1.54) is 17.5 Å². The maximum atomic E-state index is 13.6. The second-order valence-electron chi connectivity index (χ2n) is 3.75. The van der Waals surface area contributed by atoms with Crippen LogP contribution in [0, 0.1) is 0 Å². The van der Waals surface area contributed by atoms with Gasteiger partial charge in [0.25, 0.3) is 10.8 Å². The van der Waals surface area contributed by atoms with Crippen LogP contribution < -0.4 is 10.9 Å². The molecule has 4 nitrogen and oxygen atoms in total. The molecule has 0 bridgehead atoms. The summed E-state index contributed by atoms with van der Waals surface area (Å²) in [6.07, 6.45) is 4.13. The predicted octanol–water partition coefficient (Wildman–Crippen LogP) is 2.35. The van der Waals surface area contributed by atoms with Gasteiger partial charge in [-0.1, -0.05) is 11.6 Å². The number of nitrogens with one attached hydrogen (secondary N) is 2. The van der Waals surface area contributed by atoms with Crippen molar-refractivity contribution in [2.24, 2.45) is 0 Å². The minimum absolute atomic E-state index is 0.239. The largest absolute Gasteiger partial charge is 0.344 e. The van der Waals surface area contributed by atoms with Gasteiger partial charge in [0.15, 0.2) is 0 Å². The number of nitrogens with zero attached hydrogens (tertiary/aromatic N) is 1. The topological polar surface area (TPSA) is 57.8 Å². The summed E-state index contributed by atoms with van der Waals surface area (Å²) < 4.78 is 14.1. The molecule has 0 saturated heterocycles. The van der Waals surface area contributed by atoms with E-state index < -0.39 is 5.25 Å². The zero-order valence-corrected chi connectivity index (χ0v) is 10.5. The SMILES string of the molecule is O=c1[nH]c(C2=CC(F)(Cl)NC=C2)nc2ccsc12. The van der Waals surface area contributed by atoms with Gasteiger partial charge in [-0.15, -0.1) is 11.3 Å². The zero-order chi connectivity index (χ0) is 12.8. The molecule has 1 unspecified atom stereocenters. The van der Waals surface area contributed by atoms with Crippen LogP contribution in [-0.4, -0.2) is 15.2 Å². The molecular formula is C11H7ClFN3OS. The van der Waals surface area contributed by atoms with Crippen LogP contribution in [0.15, 0.2) is 34.6 Å². The van der Waals surface area contributed by atoms with Gasteiger partial charge in [0.2, 0.25) is 0 Å². The minimum atomic E-state index is -2.16. The first-order chi connectivity index (χ1) is 8.55. The third kappa shape index (κ3) is 1.93. The van der Waals surface area contributed by atoms with E-state index in [2.05, 4.69) is 15.3 Å². The molecule has 3 rings (SSSR count). The van der Waals surface area contributed by atoms with Gasteiger partial charge in [-0.25, -0.2) is 4.98 Å². The summed E-state index contributed by atoms with van der Waals surface area (Å²) in [5.74, 6) is 0.298. The first-order valence-corrected chi connectivity index (χ1v) is 6.34. The van der Waals surface area contributed by atoms with Crippen LogP contribution in [0.2, 0.25) is 0 Å². The van der Waals surface area contributed by atoms with Crippen LogP contribution in [0.3, 0.4) is 0 Å². The summed E-state index contributed by atoms with van der Waals surface area (Å²) in [6, 6.07) is 1.74. The third-order valence-electron chi connectivity index (χ3n) is 2.46. The minimum Gasteiger partial charge on any atom is -0.344 e. The Kier molecular flexibility index (Phi) is 2.49. The molecule has 2 aromatic rings. The number of aromatic nitrogens is 2. The quantitative estimate of drug-likeness (QED) is 0.624. The molecule has 18 heavy (non-hydrogen) atoms. The van der Waals surface area contributed by atoms with Crippen LogP contribution in [0.25, 0.3) is 15.8 Å². The molecule has 0 amide bonds. The maximum Gasteiger partial charge on any atom is 0.276 e. The van der Waals surface area contributed by atoms with Crippen molar-refractivity contribution in [3.8, 4) is 0 Å². The lowest BCUT2D eigenvalue weighted by Gasteiger charge is -2.18. The standard InChI is InChI=1S/C11H7ClFN3OS/c12-11(13)5-6(1-3-14-11)9-15-7-2-4-18-8(7)10(17)16-9/h1-5,14H,(H,15,16,17). The first kappa shape index (κ1) is 11.4. The summed E-state index contributed by atoms with van der Waals surface area (Å²) in [5, 5.41) is 1.95. The van der Waals surface area contributed by atoms with E-state index in [1.807, 2.05) is 0 Å². The molecule has 2 N–H and O–H groups in total. The fourth-order valence-corrected chi connectivity index (χ4v) is 2.59. The molecule has 0 saturated carbocycles. The van der Waals surface area contributed by atoms with Crippen LogP contribution >= 0.6 is 22.9 Å². The van der Waals surface area contributed by atoms with Crippen molar-refractivity contribution in [1.82, 2.24) is 15.3 Å². The summed E-state index contributed by atoms with van der Waals surface area (Å²) in [7, 11) is 0. The number of fused-ring (bicyclic) bond motifs is 1. The van der Waals surface area contributed by atoms with E-state index in [0.29, 0.717) is 21.6 Å². The smallest absolute Gasteiger partial charge is 0.276 e. The Morgan fingerprint density at radius 1 is 1.50 bits per heavy atom. The summed E-state index contributed by atoms with van der Waals surface area (Å²) in [6.45, 7) is 0. The van der Waals surface area contributed by atoms with Gasteiger partial charge in [0.05, 0.1) is 5.52 Å². The monoisotopic (exact) mass is 283 g/mol. The van der Waals surface area contributed by atoms with Crippen LogP contribution in [0.4, 0.5) is 4.39 Å². The normalized spacial score (nSPS) is 22.9. The van der Waals surface area contributed by atoms with Gasteiger partial charge in [0.1, 0.15) is 10.5 Å². The molecule has 92 valence electrons. The van der Waals surface area contributed by atoms with E-state index >= 15 is 0 Å². The first-order valence-electron chi connectivity index (χ1n) is 5.08. The lowest BCUT2D eigenvalue weighted by atomic mass is 10.2. The number of thiophene rings is 1. The summed E-state index contributed by atoms with van der Waals surface area (Å²) in [5.41, 5.74) is 0.777. The molecule has 1 atom stereocenters. The third-order valence-corrected chi connectivity index (χ3v) is 3.58. The van der Waals surface area contributed by atoms with E-state index in [-0.39, 0.29) is 5.56 Å². The Morgan fingerprint density at radius 3 is 3.11 bits per heavy atom. The number of halogens is 2. The Hall–Kier alpha value is -1.66. The van der Waals surface area contributed by atoms with Crippen molar-refractivity contribution < 1.29 is 4.39 Å². The second kappa shape index (κ2) is 3.93. The molecule has 0 aliphatic carbocycles. The van der Waals surface area contributed by atoms with Gasteiger partial charge in [-0.2, -0.15) is 4.39 Å². The van der Waals surface area contributed by atoms with Crippen molar-refractivity contribution in [2.75, 3.05) is 0 Å². The number of allylic oxidation sites excluding steroid dienone is 2. The molecule has 2 aromatic heterocycles. The lowest BCUT2D eigenvalue weighted by molar-refractivity contribution is 0.311. The number of H-pyrrole nitrogens is 1. The molecule has 0 spiro atoms. The van der Waals surface area contributed by atoms with Crippen molar-refractivity contribution in [2.45, 2.75) is 5.25 Å². The van der Waals surface area contributed by atoms with Gasteiger partial charge < -0.3 is 10.3 Å². The number of alkyl halides is 2. The Morgan fingerprint density at radius 2 is 2.33 bits per heavy atom. The number of dihydropyridines is 1. The number of hydrogen-bond donors (Lipinski definition) is 2. The molecule has 3 heterocycles. The van der Waals surface area contributed by atoms with Crippen molar-refractivity contribution in [3.63, 3.8) is 0 Å². The van der Waals surface area contributed by atoms with Gasteiger partial charge >= 0.3 is 0 Å². The van der Waals surface area contributed by atoms with E-state index in [0.717, 1.165) is 6.08 Å². The van der Waals surface area contributed by atoms with Gasteiger partial charge in [-0.05, 0) is 23.6 Å². The average Bonchev–Trinajstić information content (AvgIpc) is 2.76. The van der Waals surface area contributed by atoms with Crippen LogP contribution in [0.5, 0.6) is 0 Å². The molecule has 0 radical (unpaired) electrons. The van der Waals surface area contributed by atoms with E-state index in [9.17, 15) is 9.18 Å². The predicted molar refractivity (Wildman–Crippen MR) is 70.2 cm³/mol. The average molecular weight is 284 g/mol. The van der Waals surface area contributed by atoms with Crippen LogP contribution in [0.1, 0.15) is 5.82 Å². The Balaban J connectivity index is 2.18. The molecule has 1 aliphatic rings. The number of rotatable bonds is 1. The number of aromatic amines is 1. The molecule has 0 fully saturated rings. The summed E-state index contributed by atoms with van der Waals surface area (Å²) >= 11 is 6.84. The van der Waals surface area contributed by atoms with Crippen molar-refractivity contribution >= 4 is 38.7 Å². The fourth-order valence-electron chi connectivity index (χ4n) is 1.68. The lowest BCUT2D eigenvalue weighted by Crippen LogP contribution is -2.31. The highest BCUT2D eigenvalue weighted by Crippen LogP contribution is 2.26. The summed E-state index contributed by atoms with van der Waals surface area (Å²) in [4.78, 5) is 18.7. The highest BCUT2D eigenvalue weighted by molar-refractivity contribution is 7.17. The number of hydrogen-bond acceptors (Lipinski definition) is 4. The molecular weight excluding hydrogens is 277 g/mol. The van der Waals surface area contributed by atoms with Crippen molar-refractivity contribution in [3.05, 3.63) is 46.0 Å². The highest BCUT2D eigenvalue weighted by Gasteiger charge is 2.25. The Bertz CT molecular complexity index is 731. The van der Waals surface area contributed by atoms with E-state index in [4.69, 9.17) is 11.6 Å². The maximum absolute atomic E-state index is 13.6. The van der Waals surface area contributed by atoms with Crippen LogP contribution in [-0.2, 0) is 0 Å². The van der Waals surface area contributed by atoms with Crippen molar-refractivity contribution in [1.29, 1.82) is 0 Å². The van der Waals surface area contributed by atoms with Gasteiger partial charge in [-0.3, -0.25) is 4.79 Å². The molecule has 7 heteroatoms. The zero-order valence-electron chi connectivity index (χ0n) is 8.91. The molecule has 0 aromatic carbocycles.